The molecule has 0 aromatic heterocycles. The average molecular weight is 337 g/mol. The van der Waals surface area contributed by atoms with E-state index in [2.05, 4.69) is 59.7 Å². The van der Waals surface area contributed by atoms with Gasteiger partial charge in [-0.25, -0.2) is 0 Å². The standard InChI is InChI=1S/C21H27N3O/c1-21(2)17-11-15(13-24-9-7-22-8-10-24)3-5-19(17)23-20-6-4-16(14-25)12-18(20)21/h3-6,11-12,22-23,25H,7-10,13-14H2,1-2H3. The lowest BCUT2D eigenvalue weighted by molar-refractivity contribution is 0.233. The minimum absolute atomic E-state index is 0.0826. The molecule has 1 saturated heterocycles. The predicted molar refractivity (Wildman–Crippen MR) is 102 cm³/mol. The minimum Gasteiger partial charge on any atom is -0.392 e. The number of anilines is 2. The van der Waals surface area contributed by atoms with Gasteiger partial charge < -0.3 is 15.7 Å². The van der Waals surface area contributed by atoms with Gasteiger partial charge in [-0.1, -0.05) is 38.1 Å². The lowest BCUT2D eigenvalue weighted by atomic mass is 9.73. The highest BCUT2D eigenvalue weighted by molar-refractivity contribution is 5.76. The Morgan fingerprint density at radius 3 is 2.20 bits per heavy atom. The van der Waals surface area contributed by atoms with Crippen LogP contribution in [0.3, 0.4) is 0 Å². The van der Waals surface area contributed by atoms with Crippen LogP contribution >= 0.6 is 0 Å². The Balaban J connectivity index is 1.67. The van der Waals surface area contributed by atoms with Crippen LogP contribution in [-0.2, 0) is 18.6 Å². The Morgan fingerprint density at radius 1 is 0.960 bits per heavy atom. The highest BCUT2D eigenvalue weighted by Gasteiger charge is 2.33. The molecule has 0 spiro atoms. The molecule has 0 radical (unpaired) electrons. The van der Waals surface area contributed by atoms with Gasteiger partial charge in [0, 0.05) is 49.5 Å². The highest BCUT2D eigenvalue weighted by Crippen LogP contribution is 2.45. The lowest BCUT2D eigenvalue weighted by Crippen LogP contribution is -2.42. The normalized spacial score (nSPS) is 19.0. The van der Waals surface area contributed by atoms with E-state index >= 15 is 0 Å². The van der Waals surface area contributed by atoms with Crippen LogP contribution in [0.4, 0.5) is 11.4 Å². The molecule has 2 aliphatic rings. The molecule has 2 heterocycles. The molecule has 3 N–H and O–H groups in total. The molecule has 0 amide bonds. The number of piperazine rings is 1. The summed E-state index contributed by atoms with van der Waals surface area (Å²) in [7, 11) is 0. The van der Waals surface area contributed by atoms with Gasteiger partial charge in [-0.15, -0.1) is 0 Å². The van der Waals surface area contributed by atoms with E-state index in [9.17, 15) is 5.11 Å². The Kier molecular flexibility index (Phi) is 4.28. The van der Waals surface area contributed by atoms with E-state index in [1.807, 2.05) is 6.07 Å². The van der Waals surface area contributed by atoms with E-state index in [0.29, 0.717) is 0 Å². The van der Waals surface area contributed by atoms with Gasteiger partial charge >= 0.3 is 0 Å². The molecule has 0 aliphatic carbocycles. The maximum Gasteiger partial charge on any atom is 0.0681 e. The van der Waals surface area contributed by atoms with Gasteiger partial charge in [-0.3, -0.25) is 4.90 Å². The largest absolute Gasteiger partial charge is 0.392 e. The number of rotatable bonds is 3. The molecule has 0 bridgehead atoms. The maximum absolute atomic E-state index is 9.50. The van der Waals surface area contributed by atoms with Crippen LogP contribution in [0.2, 0.25) is 0 Å². The van der Waals surface area contributed by atoms with Crippen molar-refractivity contribution >= 4 is 11.4 Å². The molecule has 2 aromatic carbocycles. The molecule has 132 valence electrons. The fourth-order valence-corrected chi connectivity index (χ4v) is 4.05. The summed E-state index contributed by atoms with van der Waals surface area (Å²) in [5.41, 5.74) is 7.18. The van der Waals surface area contributed by atoms with Crippen LogP contribution in [0.25, 0.3) is 0 Å². The lowest BCUT2D eigenvalue weighted by Gasteiger charge is -2.36. The summed E-state index contributed by atoms with van der Waals surface area (Å²) >= 11 is 0. The van der Waals surface area contributed by atoms with Gasteiger partial charge in [-0.05, 0) is 34.4 Å². The maximum atomic E-state index is 9.50. The number of hydrogen-bond donors (Lipinski definition) is 3. The number of fused-ring (bicyclic) bond motifs is 2. The molecule has 0 atom stereocenters. The summed E-state index contributed by atoms with van der Waals surface area (Å²) in [5, 5.41) is 16.5. The Labute approximate surface area is 149 Å². The SMILES string of the molecule is CC1(C)c2cc(CO)ccc2Nc2ccc(CN3CCNCC3)cc21. The van der Waals surface area contributed by atoms with E-state index in [0.717, 1.165) is 44.0 Å². The Bertz CT molecular complexity index is 779. The van der Waals surface area contributed by atoms with Crippen LogP contribution in [0.15, 0.2) is 36.4 Å². The van der Waals surface area contributed by atoms with Gasteiger partial charge in [0.15, 0.2) is 0 Å². The zero-order chi connectivity index (χ0) is 17.4. The summed E-state index contributed by atoms with van der Waals surface area (Å²) in [6.07, 6.45) is 0. The highest BCUT2D eigenvalue weighted by atomic mass is 16.3. The summed E-state index contributed by atoms with van der Waals surface area (Å²) in [4.78, 5) is 2.51. The summed E-state index contributed by atoms with van der Waals surface area (Å²) in [6, 6.07) is 13.0. The third-order valence-corrected chi connectivity index (χ3v) is 5.58. The van der Waals surface area contributed by atoms with Gasteiger partial charge in [-0.2, -0.15) is 0 Å². The monoisotopic (exact) mass is 337 g/mol. The number of aliphatic hydroxyl groups is 1. The number of nitrogens with one attached hydrogen (secondary N) is 2. The second kappa shape index (κ2) is 6.45. The topological polar surface area (TPSA) is 47.5 Å². The second-order valence-electron chi connectivity index (χ2n) is 7.69. The molecule has 25 heavy (non-hydrogen) atoms. The first kappa shape index (κ1) is 16.6. The molecule has 4 rings (SSSR count). The summed E-state index contributed by atoms with van der Waals surface area (Å²) in [6.45, 7) is 10.0. The minimum atomic E-state index is -0.0828. The average Bonchev–Trinajstić information content (AvgIpc) is 2.63. The van der Waals surface area contributed by atoms with E-state index in [1.165, 1.54) is 22.4 Å². The molecule has 2 aliphatic heterocycles. The van der Waals surface area contributed by atoms with E-state index in [-0.39, 0.29) is 12.0 Å². The Morgan fingerprint density at radius 2 is 1.56 bits per heavy atom. The van der Waals surface area contributed by atoms with Crippen LogP contribution in [0.1, 0.15) is 36.1 Å². The molecule has 4 nitrogen and oxygen atoms in total. The number of aliphatic hydroxyl groups excluding tert-OH is 1. The first-order valence-electron chi connectivity index (χ1n) is 9.16. The van der Waals surface area contributed by atoms with Gasteiger partial charge in [0.25, 0.3) is 0 Å². The molecule has 0 unspecified atom stereocenters. The molecule has 4 heteroatoms. The first-order chi connectivity index (χ1) is 12.1. The smallest absolute Gasteiger partial charge is 0.0681 e. The van der Waals surface area contributed by atoms with E-state index in [4.69, 9.17) is 0 Å². The summed E-state index contributed by atoms with van der Waals surface area (Å²) < 4.78 is 0. The van der Waals surface area contributed by atoms with Crippen LogP contribution in [0, 0.1) is 0 Å². The van der Waals surface area contributed by atoms with Crippen molar-refractivity contribution in [2.45, 2.75) is 32.4 Å². The van der Waals surface area contributed by atoms with Crippen molar-refractivity contribution in [3.8, 4) is 0 Å². The molecular weight excluding hydrogens is 310 g/mol. The van der Waals surface area contributed by atoms with Crippen molar-refractivity contribution in [2.24, 2.45) is 0 Å². The van der Waals surface area contributed by atoms with Crippen molar-refractivity contribution in [1.82, 2.24) is 10.2 Å². The quantitative estimate of drug-likeness (QED) is 0.806. The van der Waals surface area contributed by atoms with Crippen molar-refractivity contribution in [2.75, 3.05) is 31.5 Å². The molecule has 0 saturated carbocycles. The van der Waals surface area contributed by atoms with Gasteiger partial charge in [0.05, 0.1) is 6.61 Å². The Hall–Kier alpha value is -1.88. The van der Waals surface area contributed by atoms with Crippen LogP contribution < -0.4 is 10.6 Å². The van der Waals surface area contributed by atoms with Crippen molar-refractivity contribution in [1.29, 1.82) is 0 Å². The zero-order valence-corrected chi connectivity index (χ0v) is 15.1. The molecule has 2 aromatic rings. The fourth-order valence-electron chi connectivity index (χ4n) is 4.05. The number of hydrogen-bond acceptors (Lipinski definition) is 4. The third-order valence-electron chi connectivity index (χ3n) is 5.58. The van der Waals surface area contributed by atoms with Crippen LogP contribution in [0.5, 0.6) is 0 Å². The zero-order valence-electron chi connectivity index (χ0n) is 15.1. The summed E-state index contributed by atoms with van der Waals surface area (Å²) in [5.74, 6) is 0. The fraction of sp³-hybridized carbons (Fsp3) is 0.429. The number of nitrogens with zero attached hydrogens (tertiary/aromatic N) is 1. The second-order valence-corrected chi connectivity index (χ2v) is 7.69. The first-order valence-corrected chi connectivity index (χ1v) is 9.16. The van der Waals surface area contributed by atoms with E-state index in [1.54, 1.807) is 0 Å². The van der Waals surface area contributed by atoms with Crippen molar-refractivity contribution < 1.29 is 5.11 Å². The third kappa shape index (κ3) is 3.06. The number of benzene rings is 2. The van der Waals surface area contributed by atoms with Gasteiger partial charge in [0.1, 0.15) is 0 Å². The van der Waals surface area contributed by atoms with Crippen LogP contribution in [-0.4, -0.2) is 36.2 Å². The van der Waals surface area contributed by atoms with E-state index < -0.39 is 0 Å². The van der Waals surface area contributed by atoms with Gasteiger partial charge in [0.2, 0.25) is 0 Å². The molecular formula is C21H27N3O. The predicted octanol–water partition coefficient (Wildman–Crippen LogP) is 2.97. The van der Waals surface area contributed by atoms with Crippen molar-refractivity contribution in [3.05, 3.63) is 58.7 Å². The molecule has 1 fully saturated rings. The van der Waals surface area contributed by atoms with Crippen molar-refractivity contribution in [3.63, 3.8) is 0 Å².